The van der Waals surface area contributed by atoms with Gasteiger partial charge in [-0.3, -0.25) is 9.48 Å². The number of rotatable bonds is 3. The van der Waals surface area contributed by atoms with Gasteiger partial charge < -0.3 is 14.7 Å². The quantitative estimate of drug-likeness (QED) is 0.855. The lowest BCUT2D eigenvalue weighted by atomic mass is 9.82. The fourth-order valence-electron chi connectivity index (χ4n) is 4.44. The molecule has 8 heteroatoms. The fourth-order valence-corrected chi connectivity index (χ4v) is 5.51. The standard InChI is InChI=1S/C20H23N3O4S/c1-22-15(11-14(21-22)12-2-3-12)18(24)23-7-5-20(6-8-23)13-10-17(19(25)26)28-16(13)4-9-27-20/h10-12H,2-9H2,1H3,(H,25,26). The summed E-state index contributed by atoms with van der Waals surface area (Å²) >= 11 is 1.36. The second-order valence-electron chi connectivity index (χ2n) is 7.99. The molecule has 1 spiro atoms. The number of fused-ring (bicyclic) bond motifs is 2. The minimum Gasteiger partial charge on any atom is -0.477 e. The van der Waals surface area contributed by atoms with E-state index in [1.54, 1.807) is 10.7 Å². The van der Waals surface area contributed by atoms with Crippen molar-refractivity contribution < 1.29 is 19.4 Å². The van der Waals surface area contributed by atoms with Crippen LogP contribution < -0.4 is 0 Å². The summed E-state index contributed by atoms with van der Waals surface area (Å²) in [6, 6.07) is 3.72. The normalized spacial score (nSPS) is 21.0. The van der Waals surface area contributed by atoms with Crippen LogP contribution in [0, 0.1) is 0 Å². The van der Waals surface area contributed by atoms with Crippen LogP contribution >= 0.6 is 11.3 Å². The Balaban J connectivity index is 1.34. The van der Waals surface area contributed by atoms with Crippen molar-refractivity contribution in [2.75, 3.05) is 19.7 Å². The van der Waals surface area contributed by atoms with Crippen molar-refractivity contribution in [3.8, 4) is 0 Å². The van der Waals surface area contributed by atoms with E-state index >= 15 is 0 Å². The minimum atomic E-state index is -0.884. The van der Waals surface area contributed by atoms with Gasteiger partial charge in [0.15, 0.2) is 0 Å². The fraction of sp³-hybridized carbons (Fsp3) is 0.550. The molecule has 0 atom stereocenters. The van der Waals surface area contributed by atoms with Crippen LogP contribution in [0.2, 0.25) is 0 Å². The molecule has 0 aromatic carbocycles. The summed E-state index contributed by atoms with van der Waals surface area (Å²) in [7, 11) is 1.83. The maximum absolute atomic E-state index is 13.0. The number of hydrogen-bond acceptors (Lipinski definition) is 5. The topological polar surface area (TPSA) is 84.7 Å². The highest BCUT2D eigenvalue weighted by atomic mass is 32.1. The summed E-state index contributed by atoms with van der Waals surface area (Å²) in [5.41, 5.74) is 2.23. The van der Waals surface area contributed by atoms with E-state index in [9.17, 15) is 14.7 Å². The molecule has 1 amide bonds. The highest BCUT2D eigenvalue weighted by Crippen LogP contribution is 2.45. The lowest BCUT2D eigenvalue weighted by Gasteiger charge is -2.44. The van der Waals surface area contributed by atoms with Crippen molar-refractivity contribution in [2.45, 2.75) is 43.6 Å². The Hall–Kier alpha value is -2.19. The molecule has 1 aliphatic carbocycles. The van der Waals surface area contributed by atoms with Crippen molar-refractivity contribution >= 4 is 23.2 Å². The molecule has 2 aromatic heterocycles. The first kappa shape index (κ1) is 17.9. The SMILES string of the molecule is Cn1nc(C2CC2)cc1C(=O)N1CCC2(CC1)OCCc1sc(C(=O)O)cc12. The van der Waals surface area contributed by atoms with Crippen molar-refractivity contribution in [2.24, 2.45) is 7.05 Å². The monoisotopic (exact) mass is 401 g/mol. The number of carbonyl (C=O) groups excluding carboxylic acids is 1. The molecule has 2 aliphatic heterocycles. The van der Waals surface area contributed by atoms with Gasteiger partial charge in [-0.15, -0.1) is 11.3 Å². The van der Waals surface area contributed by atoms with Gasteiger partial charge in [-0.1, -0.05) is 0 Å². The number of carbonyl (C=O) groups is 2. The molecular formula is C20H23N3O4S. The smallest absolute Gasteiger partial charge is 0.345 e. The molecule has 0 bridgehead atoms. The third-order valence-corrected chi connectivity index (χ3v) is 7.37. The van der Waals surface area contributed by atoms with Gasteiger partial charge in [0.2, 0.25) is 0 Å². The summed E-state index contributed by atoms with van der Waals surface area (Å²) in [5, 5.41) is 13.9. The van der Waals surface area contributed by atoms with Crippen LogP contribution in [0.3, 0.4) is 0 Å². The van der Waals surface area contributed by atoms with E-state index in [4.69, 9.17) is 4.74 Å². The zero-order valence-corrected chi connectivity index (χ0v) is 16.6. The molecule has 1 N–H and O–H groups in total. The summed E-state index contributed by atoms with van der Waals surface area (Å²) in [5.74, 6) is -0.345. The molecular weight excluding hydrogens is 378 g/mol. The number of thiophene rings is 1. The summed E-state index contributed by atoms with van der Waals surface area (Å²) < 4.78 is 7.89. The van der Waals surface area contributed by atoms with E-state index < -0.39 is 11.6 Å². The lowest BCUT2D eigenvalue weighted by molar-refractivity contribution is -0.0927. The van der Waals surface area contributed by atoms with Crippen LogP contribution in [0.5, 0.6) is 0 Å². The van der Waals surface area contributed by atoms with E-state index in [-0.39, 0.29) is 5.91 Å². The lowest BCUT2D eigenvalue weighted by Crippen LogP contribution is -2.48. The Morgan fingerprint density at radius 3 is 2.71 bits per heavy atom. The number of carboxylic acids is 1. The number of likely N-dealkylation sites (tertiary alicyclic amines) is 1. The summed E-state index contributed by atoms with van der Waals surface area (Å²) in [4.78, 5) is 27.8. The van der Waals surface area contributed by atoms with Gasteiger partial charge in [0.25, 0.3) is 5.91 Å². The number of aryl methyl sites for hydroxylation is 1. The number of piperidine rings is 1. The number of carboxylic acid groups (broad SMARTS) is 1. The molecule has 5 rings (SSSR count). The van der Waals surface area contributed by atoms with Crippen molar-refractivity contribution in [1.29, 1.82) is 0 Å². The van der Waals surface area contributed by atoms with Crippen LogP contribution in [-0.2, 0) is 23.8 Å². The van der Waals surface area contributed by atoms with Crippen molar-refractivity contribution in [3.05, 3.63) is 38.8 Å². The van der Waals surface area contributed by atoms with Crippen LogP contribution in [-0.4, -0.2) is 51.4 Å². The molecule has 1 saturated carbocycles. The predicted molar refractivity (Wildman–Crippen MR) is 103 cm³/mol. The van der Waals surface area contributed by atoms with Gasteiger partial charge in [-0.25, -0.2) is 4.79 Å². The number of ether oxygens (including phenoxy) is 1. The Morgan fingerprint density at radius 1 is 1.29 bits per heavy atom. The largest absolute Gasteiger partial charge is 0.477 e. The highest BCUT2D eigenvalue weighted by molar-refractivity contribution is 7.14. The zero-order valence-electron chi connectivity index (χ0n) is 15.8. The molecule has 28 heavy (non-hydrogen) atoms. The molecule has 4 heterocycles. The van der Waals surface area contributed by atoms with Crippen LogP contribution in [0.4, 0.5) is 0 Å². The number of nitrogens with zero attached hydrogens (tertiary/aromatic N) is 3. The summed E-state index contributed by atoms with van der Waals surface area (Å²) in [6.07, 6.45) is 4.46. The van der Waals surface area contributed by atoms with Gasteiger partial charge in [-0.2, -0.15) is 5.10 Å². The Morgan fingerprint density at radius 2 is 2.04 bits per heavy atom. The van der Waals surface area contributed by atoms with E-state index in [1.807, 2.05) is 18.0 Å². The molecule has 1 saturated heterocycles. The third-order valence-electron chi connectivity index (χ3n) is 6.19. The van der Waals surface area contributed by atoms with Gasteiger partial charge in [0.1, 0.15) is 10.6 Å². The van der Waals surface area contributed by atoms with Crippen LogP contribution in [0.25, 0.3) is 0 Å². The molecule has 2 fully saturated rings. The Bertz CT molecular complexity index is 951. The number of aromatic carboxylic acids is 1. The summed E-state index contributed by atoms with van der Waals surface area (Å²) in [6.45, 7) is 1.80. The van der Waals surface area contributed by atoms with Gasteiger partial charge >= 0.3 is 5.97 Å². The van der Waals surface area contributed by atoms with E-state index in [0.29, 0.717) is 49.0 Å². The second-order valence-corrected chi connectivity index (χ2v) is 9.13. The number of hydrogen-bond donors (Lipinski definition) is 1. The first-order valence-corrected chi connectivity index (χ1v) is 10.6. The third kappa shape index (κ3) is 2.86. The average molecular weight is 401 g/mol. The predicted octanol–water partition coefficient (Wildman–Crippen LogP) is 2.76. The second kappa shape index (κ2) is 6.42. The molecule has 148 valence electrons. The van der Waals surface area contributed by atoms with Crippen molar-refractivity contribution in [3.63, 3.8) is 0 Å². The minimum absolute atomic E-state index is 0.0179. The maximum atomic E-state index is 13.0. The molecule has 0 radical (unpaired) electrons. The zero-order chi connectivity index (χ0) is 19.5. The van der Waals surface area contributed by atoms with Gasteiger partial charge in [0, 0.05) is 37.4 Å². The van der Waals surface area contributed by atoms with Crippen LogP contribution in [0.15, 0.2) is 12.1 Å². The van der Waals surface area contributed by atoms with Crippen LogP contribution in [0.1, 0.15) is 67.9 Å². The average Bonchev–Trinajstić information content (AvgIpc) is 3.31. The van der Waals surface area contributed by atoms with E-state index in [0.717, 1.165) is 35.4 Å². The van der Waals surface area contributed by atoms with E-state index in [2.05, 4.69) is 5.10 Å². The van der Waals surface area contributed by atoms with Gasteiger partial charge in [0.05, 0.1) is 17.9 Å². The molecule has 2 aromatic rings. The highest BCUT2D eigenvalue weighted by Gasteiger charge is 2.43. The Kier molecular flexibility index (Phi) is 4.10. The number of aromatic nitrogens is 2. The molecule has 7 nitrogen and oxygen atoms in total. The molecule has 3 aliphatic rings. The van der Waals surface area contributed by atoms with E-state index in [1.165, 1.54) is 11.3 Å². The first-order valence-electron chi connectivity index (χ1n) is 9.80. The Labute approximate surface area is 166 Å². The van der Waals surface area contributed by atoms with Gasteiger partial charge in [-0.05, 0) is 43.4 Å². The van der Waals surface area contributed by atoms with Crippen molar-refractivity contribution in [1.82, 2.24) is 14.7 Å². The first-order chi connectivity index (χ1) is 13.5. The number of amides is 1. The maximum Gasteiger partial charge on any atom is 0.345 e. The molecule has 0 unspecified atom stereocenters.